The third-order valence-electron chi connectivity index (χ3n) is 6.14. The molecule has 0 aliphatic carbocycles. The number of pyridine rings is 2. The number of aromatic nitrogens is 2. The van der Waals surface area contributed by atoms with Crippen molar-refractivity contribution in [2.24, 2.45) is 0 Å². The minimum atomic E-state index is -4.70. The lowest BCUT2D eigenvalue weighted by atomic mass is 10.0. The van der Waals surface area contributed by atoms with Gasteiger partial charge in [-0.15, -0.1) is 0 Å². The van der Waals surface area contributed by atoms with Crippen molar-refractivity contribution in [2.45, 2.75) is 52.1 Å². The average Bonchev–Trinajstić information content (AvgIpc) is 2.90. The lowest BCUT2D eigenvalue weighted by Gasteiger charge is -2.26. The zero-order valence-corrected chi connectivity index (χ0v) is 18.5. The van der Waals surface area contributed by atoms with E-state index in [0.717, 1.165) is 5.56 Å². The predicted octanol–water partition coefficient (Wildman–Crippen LogP) is 6.16. The van der Waals surface area contributed by atoms with Crippen LogP contribution in [0.4, 0.5) is 27.8 Å². The van der Waals surface area contributed by atoms with Crippen molar-refractivity contribution in [3.63, 3.8) is 0 Å². The van der Waals surface area contributed by atoms with E-state index in [2.05, 4.69) is 9.97 Å². The van der Waals surface area contributed by atoms with Crippen molar-refractivity contribution in [3.8, 4) is 11.3 Å². The van der Waals surface area contributed by atoms with Gasteiger partial charge in [0, 0.05) is 48.0 Å². The summed E-state index contributed by atoms with van der Waals surface area (Å²) < 4.78 is 68.9. The number of hydrogen-bond donors (Lipinski definition) is 1. The molecule has 0 bridgehead atoms. The highest BCUT2D eigenvalue weighted by atomic mass is 19.4. The molecule has 4 nitrogen and oxygen atoms in total. The molecule has 1 fully saturated rings. The summed E-state index contributed by atoms with van der Waals surface area (Å²) in [4.78, 5) is 21.6. The second kappa shape index (κ2) is 8.11. The standard InChI is InChI=1S/C24H24F5N3O/c1-13-5-6-16-18(11-13)30-19(15(3)20(16)33)17-12-14(2)21(24(27,28)29)31-22(17)32-9-4-7-23(25,26)8-10-32/h5-6,11-12H,4,7-10H2,1-3H3,(H,30,33). The highest BCUT2D eigenvalue weighted by molar-refractivity contribution is 5.86. The molecule has 9 heteroatoms. The molecule has 3 aromatic rings. The zero-order chi connectivity index (χ0) is 24.1. The van der Waals surface area contributed by atoms with Crippen molar-refractivity contribution in [1.82, 2.24) is 9.97 Å². The summed E-state index contributed by atoms with van der Waals surface area (Å²) in [6, 6.07) is 6.64. The Balaban J connectivity index is 1.98. The van der Waals surface area contributed by atoms with E-state index < -0.39 is 24.2 Å². The Morgan fingerprint density at radius 3 is 2.48 bits per heavy atom. The Labute approximate surface area is 187 Å². The van der Waals surface area contributed by atoms with Gasteiger partial charge in [-0.25, -0.2) is 13.8 Å². The molecule has 1 aromatic carbocycles. The molecule has 0 saturated carbocycles. The fourth-order valence-electron chi connectivity index (χ4n) is 4.36. The number of fused-ring (bicyclic) bond motifs is 1. The summed E-state index contributed by atoms with van der Waals surface area (Å²) >= 11 is 0. The first-order chi connectivity index (χ1) is 15.4. The second-order valence-electron chi connectivity index (χ2n) is 8.72. The molecule has 1 aliphatic rings. The van der Waals surface area contributed by atoms with E-state index in [4.69, 9.17) is 0 Å². The molecule has 4 rings (SSSR count). The first-order valence-electron chi connectivity index (χ1n) is 10.7. The van der Waals surface area contributed by atoms with E-state index in [1.54, 1.807) is 19.1 Å². The number of nitrogens with zero attached hydrogens (tertiary/aromatic N) is 2. The van der Waals surface area contributed by atoms with Gasteiger partial charge in [0.2, 0.25) is 5.92 Å². The largest absolute Gasteiger partial charge is 0.433 e. The number of aromatic amines is 1. The molecular formula is C24H24F5N3O. The average molecular weight is 465 g/mol. The Kier molecular flexibility index (Phi) is 5.70. The predicted molar refractivity (Wildman–Crippen MR) is 118 cm³/mol. The number of nitrogens with one attached hydrogen (secondary N) is 1. The number of hydrogen-bond acceptors (Lipinski definition) is 3. The highest BCUT2D eigenvalue weighted by Crippen LogP contribution is 2.39. The van der Waals surface area contributed by atoms with Gasteiger partial charge in [0.1, 0.15) is 11.5 Å². The lowest BCUT2D eigenvalue weighted by Crippen LogP contribution is -2.28. The van der Waals surface area contributed by atoms with E-state index >= 15 is 0 Å². The maximum atomic E-state index is 14.0. The molecule has 2 aromatic heterocycles. The molecule has 33 heavy (non-hydrogen) atoms. The van der Waals surface area contributed by atoms with Gasteiger partial charge in [-0.3, -0.25) is 4.79 Å². The van der Waals surface area contributed by atoms with Crippen molar-refractivity contribution in [3.05, 3.63) is 56.9 Å². The third kappa shape index (κ3) is 4.45. The van der Waals surface area contributed by atoms with Gasteiger partial charge >= 0.3 is 6.18 Å². The summed E-state index contributed by atoms with van der Waals surface area (Å²) in [7, 11) is 0. The van der Waals surface area contributed by atoms with Gasteiger partial charge in [0.15, 0.2) is 5.43 Å². The summed E-state index contributed by atoms with van der Waals surface area (Å²) in [5.74, 6) is -2.92. The van der Waals surface area contributed by atoms with Crippen LogP contribution in [0.1, 0.15) is 41.6 Å². The normalized spacial score (nSPS) is 16.8. The number of halogens is 5. The van der Waals surface area contributed by atoms with Crippen LogP contribution in [0.2, 0.25) is 0 Å². The topological polar surface area (TPSA) is 49.0 Å². The highest BCUT2D eigenvalue weighted by Gasteiger charge is 2.38. The molecule has 3 heterocycles. The van der Waals surface area contributed by atoms with Crippen LogP contribution in [0.5, 0.6) is 0 Å². The van der Waals surface area contributed by atoms with E-state index in [1.807, 2.05) is 13.0 Å². The van der Waals surface area contributed by atoms with Gasteiger partial charge in [-0.1, -0.05) is 6.07 Å². The number of rotatable bonds is 2. The Morgan fingerprint density at radius 2 is 1.79 bits per heavy atom. The fraction of sp³-hybridized carbons (Fsp3) is 0.417. The molecule has 1 aliphatic heterocycles. The number of aryl methyl sites for hydroxylation is 2. The maximum absolute atomic E-state index is 14.0. The van der Waals surface area contributed by atoms with Crippen LogP contribution >= 0.6 is 0 Å². The fourth-order valence-corrected chi connectivity index (χ4v) is 4.36. The maximum Gasteiger partial charge on any atom is 0.433 e. The van der Waals surface area contributed by atoms with Crippen LogP contribution in [0.15, 0.2) is 29.1 Å². The van der Waals surface area contributed by atoms with E-state index in [-0.39, 0.29) is 42.7 Å². The number of anilines is 1. The Hall–Kier alpha value is -2.97. The van der Waals surface area contributed by atoms with E-state index in [9.17, 15) is 26.7 Å². The second-order valence-corrected chi connectivity index (χ2v) is 8.72. The summed E-state index contributed by atoms with van der Waals surface area (Å²) in [6.07, 6.45) is -5.39. The van der Waals surface area contributed by atoms with Crippen molar-refractivity contribution < 1.29 is 22.0 Å². The molecule has 176 valence electrons. The van der Waals surface area contributed by atoms with Gasteiger partial charge in [-0.05, 0) is 56.5 Å². The SMILES string of the molecule is Cc1ccc2c(=O)c(C)c(-c3cc(C)c(C(F)(F)F)nc3N3CCCC(F)(F)CC3)[nH]c2c1. The molecule has 0 unspecified atom stereocenters. The van der Waals surface area contributed by atoms with Crippen LogP contribution in [0, 0.1) is 20.8 Å². The van der Waals surface area contributed by atoms with Crippen molar-refractivity contribution in [1.29, 1.82) is 0 Å². The molecule has 0 spiro atoms. The number of H-pyrrole nitrogens is 1. The Morgan fingerprint density at radius 1 is 1.06 bits per heavy atom. The van der Waals surface area contributed by atoms with Crippen LogP contribution in [-0.2, 0) is 6.18 Å². The third-order valence-corrected chi connectivity index (χ3v) is 6.14. The van der Waals surface area contributed by atoms with Crippen LogP contribution in [0.25, 0.3) is 22.2 Å². The molecule has 1 saturated heterocycles. The molecule has 0 amide bonds. The van der Waals surface area contributed by atoms with E-state index in [1.165, 1.54) is 17.9 Å². The first kappa shape index (κ1) is 23.2. The minimum Gasteiger partial charge on any atom is -0.356 e. The van der Waals surface area contributed by atoms with E-state index in [0.29, 0.717) is 27.7 Å². The summed E-state index contributed by atoms with van der Waals surface area (Å²) in [5, 5.41) is 0.467. The first-order valence-corrected chi connectivity index (χ1v) is 10.7. The molecule has 1 N–H and O–H groups in total. The van der Waals surface area contributed by atoms with Crippen LogP contribution in [0.3, 0.4) is 0 Å². The van der Waals surface area contributed by atoms with Gasteiger partial charge in [-0.2, -0.15) is 13.2 Å². The van der Waals surface area contributed by atoms with Crippen LogP contribution in [-0.4, -0.2) is 29.0 Å². The monoisotopic (exact) mass is 465 g/mol. The molecular weight excluding hydrogens is 441 g/mol. The number of benzene rings is 1. The Bertz CT molecular complexity index is 1280. The van der Waals surface area contributed by atoms with Gasteiger partial charge < -0.3 is 9.88 Å². The van der Waals surface area contributed by atoms with Gasteiger partial charge in [0.25, 0.3) is 0 Å². The van der Waals surface area contributed by atoms with Gasteiger partial charge in [0.05, 0.1) is 5.69 Å². The molecule has 0 radical (unpaired) electrons. The quantitative estimate of drug-likeness (QED) is 0.461. The van der Waals surface area contributed by atoms with Crippen molar-refractivity contribution in [2.75, 3.05) is 18.0 Å². The summed E-state index contributed by atoms with van der Waals surface area (Å²) in [6.45, 7) is 4.78. The van der Waals surface area contributed by atoms with Crippen molar-refractivity contribution >= 4 is 16.7 Å². The smallest absolute Gasteiger partial charge is 0.356 e. The van der Waals surface area contributed by atoms with Crippen LogP contribution < -0.4 is 10.3 Å². The minimum absolute atomic E-state index is 0.0450. The zero-order valence-electron chi connectivity index (χ0n) is 18.5. The molecule has 0 atom stereocenters. The lowest BCUT2D eigenvalue weighted by molar-refractivity contribution is -0.141. The summed E-state index contributed by atoms with van der Waals surface area (Å²) in [5.41, 5.74) is 1.01. The number of alkyl halides is 5.